The minimum atomic E-state index is 0.259. The Morgan fingerprint density at radius 3 is 2.27 bits per heavy atom. The number of hydrogen-bond acceptors (Lipinski definition) is 2. The second-order valence-electron chi connectivity index (χ2n) is 5.22. The molecule has 1 aliphatic carbocycles. The van der Waals surface area contributed by atoms with E-state index in [1.807, 2.05) is 11.9 Å². The number of nitrogens with zero attached hydrogens (tertiary/aromatic N) is 1. The summed E-state index contributed by atoms with van der Waals surface area (Å²) in [4.78, 5) is 14.0. The van der Waals surface area contributed by atoms with Gasteiger partial charge in [-0.15, -0.1) is 0 Å². The van der Waals surface area contributed by atoms with Crippen molar-refractivity contribution in [3.63, 3.8) is 0 Å². The van der Waals surface area contributed by atoms with Crippen molar-refractivity contribution >= 4 is 5.91 Å². The van der Waals surface area contributed by atoms with Crippen molar-refractivity contribution in [3.05, 3.63) is 0 Å². The Balaban J connectivity index is 1.84. The Bertz CT molecular complexity index is 230. The lowest BCUT2D eigenvalue weighted by molar-refractivity contribution is -0.138. The normalized spacial score (nSPS) is 32.1. The van der Waals surface area contributed by atoms with Crippen LogP contribution in [0.15, 0.2) is 0 Å². The summed E-state index contributed by atoms with van der Waals surface area (Å²) in [7, 11) is 1.99. The minimum Gasteiger partial charge on any atom is -0.342 e. The number of rotatable bonds is 2. The number of amides is 1. The summed E-state index contributed by atoms with van der Waals surface area (Å²) in [6.45, 7) is 4.08. The molecule has 2 aliphatic rings. The van der Waals surface area contributed by atoms with Gasteiger partial charge < -0.3 is 10.2 Å². The van der Waals surface area contributed by atoms with Crippen LogP contribution in [0.25, 0.3) is 0 Å². The van der Waals surface area contributed by atoms with Gasteiger partial charge in [0.25, 0.3) is 0 Å². The first-order valence-corrected chi connectivity index (χ1v) is 6.16. The highest BCUT2D eigenvalue weighted by atomic mass is 16.2. The van der Waals surface area contributed by atoms with Crippen LogP contribution in [0.4, 0.5) is 0 Å². The van der Waals surface area contributed by atoms with Gasteiger partial charge in [0.1, 0.15) is 0 Å². The summed E-state index contributed by atoms with van der Waals surface area (Å²) in [5, 5.41) is 3.16. The van der Waals surface area contributed by atoms with Crippen molar-refractivity contribution in [2.75, 3.05) is 20.1 Å². The van der Waals surface area contributed by atoms with Crippen LogP contribution in [0.2, 0.25) is 0 Å². The summed E-state index contributed by atoms with van der Waals surface area (Å²) in [5.41, 5.74) is 0. The SMILES string of the molecule is CC1CCC(N(C)C(=O)C2CNC2)CC1. The molecule has 1 saturated carbocycles. The maximum absolute atomic E-state index is 12.0. The van der Waals surface area contributed by atoms with Crippen LogP contribution in [0, 0.1) is 11.8 Å². The summed E-state index contributed by atoms with van der Waals surface area (Å²) in [6.07, 6.45) is 4.96. The van der Waals surface area contributed by atoms with E-state index in [4.69, 9.17) is 0 Å². The lowest BCUT2D eigenvalue weighted by Crippen LogP contribution is -2.53. The minimum absolute atomic E-state index is 0.259. The van der Waals surface area contributed by atoms with Gasteiger partial charge >= 0.3 is 0 Å². The van der Waals surface area contributed by atoms with Crippen molar-refractivity contribution in [1.29, 1.82) is 0 Å². The molecular weight excluding hydrogens is 188 g/mol. The third kappa shape index (κ3) is 2.33. The van der Waals surface area contributed by atoms with Gasteiger partial charge in [0.05, 0.1) is 5.92 Å². The van der Waals surface area contributed by atoms with Crippen LogP contribution in [0.3, 0.4) is 0 Å². The standard InChI is InChI=1S/C12H22N2O/c1-9-3-5-11(6-4-9)14(2)12(15)10-7-13-8-10/h9-11,13H,3-8H2,1-2H3. The smallest absolute Gasteiger partial charge is 0.228 e. The highest BCUT2D eigenvalue weighted by molar-refractivity contribution is 5.80. The highest BCUT2D eigenvalue weighted by Gasteiger charge is 2.31. The van der Waals surface area contributed by atoms with Crippen LogP contribution in [0.1, 0.15) is 32.6 Å². The Hall–Kier alpha value is -0.570. The molecule has 0 atom stereocenters. The van der Waals surface area contributed by atoms with Crippen LogP contribution in [0.5, 0.6) is 0 Å². The van der Waals surface area contributed by atoms with Gasteiger partial charge in [-0.05, 0) is 31.6 Å². The predicted molar refractivity (Wildman–Crippen MR) is 60.5 cm³/mol. The monoisotopic (exact) mass is 210 g/mol. The third-order valence-electron chi connectivity index (χ3n) is 4.01. The molecule has 0 spiro atoms. The molecule has 3 heteroatoms. The van der Waals surface area contributed by atoms with E-state index in [0.717, 1.165) is 19.0 Å². The first kappa shape index (κ1) is 10.9. The van der Waals surface area contributed by atoms with E-state index in [-0.39, 0.29) is 5.92 Å². The van der Waals surface area contributed by atoms with Crippen LogP contribution in [-0.4, -0.2) is 37.0 Å². The molecule has 2 fully saturated rings. The fourth-order valence-electron chi connectivity index (χ4n) is 2.56. The molecular formula is C12H22N2O. The van der Waals surface area contributed by atoms with Crippen LogP contribution < -0.4 is 5.32 Å². The Morgan fingerprint density at radius 1 is 1.20 bits per heavy atom. The lowest BCUT2D eigenvalue weighted by atomic mass is 9.86. The molecule has 3 nitrogen and oxygen atoms in total. The van der Waals surface area contributed by atoms with E-state index >= 15 is 0 Å². The Morgan fingerprint density at radius 2 is 1.80 bits per heavy atom. The predicted octanol–water partition coefficient (Wildman–Crippen LogP) is 1.24. The first-order chi connectivity index (χ1) is 7.18. The van der Waals surface area contributed by atoms with Gasteiger partial charge in [-0.1, -0.05) is 6.92 Å². The summed E-state index contributed by atoms with van der Waals surface area (Å²) in [6, 6.07) is 0.509. The number of hydrogen-bond donors (Lipinski definition) is 1. The highest BCUT2D eigenvalue weighted by Crippen LogP contribution is 2.27. The molecule has 2 rings (SSSR count). The lowest BCUT2D eigenvalue weighted by Gasteiger charge is -2.37. The maximum atomic E-state index is 12.0. The Kier molecular flexibility index (Phi) is 3.29. The van der Waals surface area contributed by atoms with Crippen LogP contribution in [-0.2, 0) is 4.79 Å². The summed E-state index contributed by atoms with van der Waals surface area (Å²) < 4.78 is 0. The fourth-order valence-corrected chi connectivity index (χ4v) is 2.56. The third-order valence-corrected chi connectivity index (χ3v) is 4.01. The van der Waals surface area contributed by atoms with Crippen LogP contribution >= 0.6 is 0 Å². The van der Waals surface area contributed by atoms with Gasteiger partial charge in [-0.2, -0.15) is 0 Å². The molecule has 1 saturated heterocycles. The number of carbonyl (C=O) groups excluding carboxylic acids is 1. The van der Waals surface area contributed by atoms with E-state index in [0.29, 0.717) is 11.9 Å². The van der Waals surface area contributed by atoms with Gasteiger partial charge in [-0.3, -0.25) is 4.79 Å². The average Bonchev–Trinajstić information content (AvgIpc) is 2.15. The second-order valence-corrected chi connectivity index (χ2v) is 5.22. The topological polar surface area (TPSA) is 32.3 Å². The molecule has 1 heterocycles. The molecule has 0 aromatic heterocycles. The van der Waals surface area contributed by atoms with E-state index in [1.165, 1.54) is 25.7 Å². The molecule has 0 aromatic carbocycles. The molecule has 0 aromatic rings. The average molecular weight is 210 g/mol. The fraction of sp³-hybridized carbons (Fsp3) is 0.917. The van der Waals surface area contributed by atoms with E-state index < -0.39 is 0 Å². The molecule has 1 amide bonds. The zero-order valence-corrected chi connectivity index (χ0v) is 9.83. The van der Waals surface area contributed by atoms with Crippen molar-refractivity contribution in [1.82, 2.24) is 10.2 Å². The summed E-state index contributed by atoms with van der Waals surface area (Å²) >= 11 is 0. The molecule has 0 unspecified atom stereocenters. The zero-order chi connectivity index (χ0) is 10.8. The largest absolute Gasteiger partial charge is 0.342 e. The molecule has 0 bridgehead atoms. The quantitative estimate of drug-likeness (QED) is 0.744. The van der Waals surface area contributed by atoms with Gasteiger partial charge in [0, 0.05) is 26.2 Å². The molecule has 86 valence electrons. The molecule has 15 heavy (non-hydrogen) atoms. The summed E-state index contributed by atoms with van der Waals surface area (Å²) in [5.74, 6) is 1.47. The van der Waals surface area contributed by atoms with Crippen molar-refractivity contribution in [3.8, 4) is 0 Å². The Labute approximate surface area is 92.2 Å². The number of nitrogens with one attached hydrogen (secondary N) is 1. The molecule has 1 aliphatic heterocycles. The van der Waals surface area contributed by atoms with Crippen molar-refractivity contribution < 1.29 is 4.79 Å². The number of carbonyl (C=O) groups is 1. The molecule has 0 radical (unpaired) electrons. The van der Waals surface area contributed by atoms with E-state index in [1.54, 1.807) is 0 Å². The van der Waals surface area contributed by atoms with Gasteiger partial charge in [-0.25, -0.2) is 0 Å². The van der Waals surface area contributed by atoms with Gasteiger partial charge in [0.2, 0.25) is 5.91 Å². The van der Waals surface area contributed by atoms with Gasteiger partial charge in [0.15, 0.2) is 0 Å². The van der Waals surface area contributed by atoms with Crippen molar-refractivity contribution in [2.24, 2.45) is 11.8 Å². The molecule has 1 N–H and O–H groups in total. The van der Waals surface area contributed by atoms with E-state index in [2.05, 4.69) is 12.2 Å². The maximum Gasteiger partial charge on any atom is 0.228 e. The zero-order valence-electron chi connectivity index (χ0n) is 9.83. The van der Waals surface area contributed by atoms with Crippen molar-refractivity contribution in [2.45, 2.75) is 38.6 Å². The second kappa shape index (κ2) is 4.52. The van der Waals surface area contributed by atoms with E-state index in [9.17, 15) is 4.79 Å². The first-order valence-electron chi connectivity index (χ1n) is 6.16.